The van der Waals surface area contributed by atoms with Crippen molar-refractivity contribution in [2.45, 2.75) is 44.1 Å². The molecule has 0 radical (unpaired) electrons. The Morgan fingerprint density at radius 3 is 2.48 bits per heavy atom. The molecule has 48 heavy (non-hydrogen) atoms. The topological polar surface area (TPSA) is 111 Å². The van der Waals surface area contributed by atoms with Crippen molar-refractivity contribution in [1.29, 1.82) is 0 Å². The van der Waals surface area contributed by atoms with Gasteiger partial charge in [-0.15, -0.1) is 21.5 Å². The molecular formula is C36H36N6O4S2. The number of amides is 2. The van der Waals surface area contributed by atoms with E-state index < -0.39 is 0 Å². The fourth-order valence-electron chi connectivity index (χ4n) is 5.48. The summed E-state index contributed by atoms with van der Waals surface area (Å²) in [6.45, 7) is 2.78. The lowest BCUT2D eigenvalue weighted by Crippen LogP contribution is -2.28. The second-order valence-electron chi connectivity index (χ2n) is 11.2. The van der Waals surface area contributed by atoms with Gasteiger partial charge in [-0.1, -0.05) is 78.0 Å². The van der Waals surface area contributed by atoms with Crippen molar-refractivity contribution < 1.29 is 19.1 Å². The van der Waals surface area contributed by atoms with Crippen molar-refractivity contribution in [1.82, 2.24) is 25.1 Å². The molecule has 2 amide bonds. The predicted octanol–water partition coefficient (Wildman–Crippen LogP) is 6.31. The minimum atomic E-state index is -0.284. The Kier molecular flexibility index (Phi) is 10.5. The average Bonchev–Trinajstić information content (AvgIpc) is 3.90. The zero-order valence-corrected chi connectivity index (χ0v) is 28.6. The van der Waals surface area contributed by atoms with Crippen molar-refractivity contribution in [2.75, 3.05) is 20.0 Å². The summed E-state index contributed by atoms with van der Waals surface area (Å²) in [5, 5.41) is 20.9. The molecule has 0 aliphatic carbocycles. The monoisotopic (exact) mass is 680 g/mol. The molecule has 5 aromatic rings. The summed E-state index contributed by atoms with van der Waals surface area (Å²) >= 11 is 2.95. The number of rotatable bonds is 13. The molecule has 0 saturated heterocycles. The number of aromatic nitrogens is 3. The largest absolute Gasteiger partial charge is 0.493 e. The van der Waals surface area contributed by atoms with Crippen molar-refractivity contribution in [3.8, 4) is 11.5 Å². The molecule has 0 spiro atoms. The van der Waals surface area contributed by atoms with Gasteiger partial charge < -0.3 is 19.4 Å². The maximum Gasteiger partial charge on any atom is 0.253 e. The molecule has 10 nitrogen and oxygen atoms in total. The minimum absolute atomic E-state index is 0.113. The smallest absolute Gasteiger partial charge is 0.253 e. The van der Waals surface area contributed by atoms with Crippen molar-refractivity contribution >= 4 is 40.6 Å². The number of carbonyl (C=O) groups excluding carboxylic acids is 2. The molecule has 1 aliphatic heterocycles. The van der Waals surface area contributed by atoms with Crippen LogP contribution in [0, 0.1) is 6.92 Å². The summed E-state index contributed by atoms with van der Waals surface area (Å²) in [4.78, 5) is 28.0. The Labute approximate surface area is 287 Å². The summed E-state index contributed by atoms with van der Waals surface area (Å²) in [6, 6.07) is 27.3. The first-order chi connectivity index (χ1) is 23.4. The Balaban J connectivity index is 1.19. The fraction of sp³-hybridized carbons (Fsp3) is 0.250. The Morgan fingerprint density at radius 2 is 1.75 bits per heavy atom. The minimum Gasteiger partial charge on any atom is -0.493 e. The third-order valence-corrected chi connectivity index (χ3v) is 9.94. The summed E-state index contributed by atoms with van der Waals surface area (Å²) < 4.78 is 12.6. The number of nitrogens with zero attached hydrogens (tertiary/aromatic N) is 5. The van der Waals surface area contributed by atoms with Crippen LogP contribution in [0.1, 0.15) is 50.2 Å². The molecule has 0 bridgehead atoms. The van der Waals surface area contributed by atoms with Gasteiger partial charge in [0.2, 0.25) is 0 Å². The molecule has 2 aromatic heterocycles. The van der Waals surface area contributed by atoms with Crippen LogP contribution in [0.3, 0.4) is 0 Å². The molecule has 1 aliphatic rings. The van der Waals surface area contributed by atoms with Crippen molar-refractivity contribution in [3.05, 3.63) is 123 Å². The number of methoxy groups -OCH3 is 2. The molecule has 1 atom stereocenters. The van der Waals surface area contributed by atoms with Gasteiger partial charge in [0.25, 0.3) is 11.8 Å². The number of ether oxygens (including phenoxy) is 2. The van der Waals surface area contributed by atoms with Crippen LogP contribution < -0.4 is 14.8 Å². The second kappa shape index (κ2) is 15.3. The van der Waals surface area contributed by atoms with Crippen molar-refractivity contribution in [2.24, 2.45) is 5.10 Å². The van der Waals surface area contributed by atoms with E-state index in [1.54, 1.807) is 41.7 Å². The van der Waals surface area contributed by atoms with E-state index in [4.69, 9.17) is 14.6 Å². The lowest BCUT2D eigenvalue weighted by molar-refractivity contribution is -0.130. The molecule has 3 heterocycles. The summed E-state index contributed by atoms with van der Waals surface area (Å²) in [7, 11) is 3.08. The number of hydrazone groups is 1. The van der Waals surface area contributed by atoms with Gasteiger partial charge in [-0.25, -0.2) is 5.01 Å². The molecule has 6 rings (SSSR count). The highest BCUT2D eigenvalue weighted by Gasteiger charge is 2.33. The van der Waals surface area contributed by atoms with E-state index >= 15 is 0 Å². The molecule has 246 valence electrons. The second-order valence-corrected chi connectivity index (χ2v) is 13.1. The maximum atomic E-state index is 13.8. The Hall–Kier alpha value is -4.94. The third kappa shape index (κ3) is 7.61. The first-order valence-corrected chi connectivity index (χ1v) is 17.4. The van der Waals surface area contributed by atoms with Crippen LogP contribution in [0.4, 0.5) is 0 Å². The number of hydrogen-bond acceptors (Lipinski definition) is 9. The van der Waals surface area contributed by atoms with Gasteiger partial charge in [0, 0.05) is 18.5 Å². The van der Waals surface area contributed by atoms with Gasteiger partial charge in [0.15, 0.2) is 22.5 Å². The quantitative estimate of drug-likeness (QED) is 0.145. The molecular weight excluding hydrogens is 645 g/mol. The van der Waals surface area contributed by atoms with E-state index in [1.807, 2.05) is 40.3 Å². The molecule has 0 unspecified atom stereocenters. The average molecular weight is 681 g/mol. The zero-order chi connectivity index (χ0) is 33.5. The van der Waals surface area contributed by atoms with Crippen LogP contribution in [-0.2, 0) is 24.3 Å². The lowest BCUT2D eigenvalue weighted by Gasteiger charge is -2.22. The lowest BCUT2D eigenvalue weighted by atomic mass is 10.00. The molecule has 3 aromatic carbocycles. The number of benzene rings is 3. The number of aryl methyl sites for hydroxylation is 2. The summed E-state index contributed by atoms with van der Waals surface area (Å²) in [5.74, 6) is 1.33. The van der Waals surface area contributed by atoms with E-state index in [1.165, 1.54) is 18.9 Å². The van der Waals surface area contributed by atoms with Gasteiger partial charge in [-0.3, -0.25) is 9.59 Å². The van der Waals surface area contributed by atoms with Gasteiger partial charge in [0.05, 0.1) is 43.1 Å². The van der Waals surface area contributed by atoms with Crippen LogP contribution in [0.5, 0.6) is 11.5 Å². The molecule has 1 N–H and O–H groups in total. The van der Waals surface area contributed by atoms with Gasteiger partial charge in [-0.2, -0.15) is 5.10 Å². The van der Waals surface area contributed by atoms with Crippen LogP contribution >= 0.6 is 23.1 Å². The van der Waals surface area contributed by atoms with Gasteiger partial charge in [-0.05, 0) is 54.1 Å². The summed E-state index contributed by atoms with van der Waals surface area (Å²) in [5.41, 5.74) is 4.71. The van der Waals surface area contributed by atoms with E-state index in [2.05, 4.69) is 58.8 Å². The van der Waals surface area contributed by atoms with E-state index in [0.717, 1.165) is 33.7 Å². The number of nitrogens with one attached hydrogen (secondary N) is 1. The zero-order valence-electron chi connectivity index (χ0n) is 27.0. The first kappa shape index (κ1) is 33.0. The SMILES string of the molecule is COc1ccc(C(=O)NCc2nnc(SCC(=O)N3N=C(c4cccs4)C[C@H]3c3ccc(C)cc3)n2CCc2ccccc2)cc1OC. The van der Waals surface area contributed by atoms with E-state index in [-0.39, 0.29) is 30.2 Å². The highest BCUT2D eigenvalue weighted by molar-refractivity contribution is 7.99. The Bertz CT molecular complexity index is 1890. The Morgan fingerprint density at radius 1 is 0.958 bits per heavy atom. The number of thiophene rings is 1. The van der Waals surface area contributed by atoms with Crippen LogP contribution in [0.15, 0.2) is 101 Å². The van der Waals surface area contributed by atoms with Crippen molar-refractivity contribution in [3.63, 3.8) is 0 Å². The highest BCUT2D eigenvalue weighted by Crippen LogP contribution is 2.35. The van der Waals surface area contributed by atoms with Gasteiger partial charge in [0.1, 0.15) is 0 Å². The first-order valence-electron chi connectivity index (χ1n) is 15.5. The normalized spacial score (nSPS) is 14.1. The van der Waals surface area contributed by atoms with Crippen LogP contribution in [0.2, 0.25) is 0 Å². The number of thioether (sulfide) groups is 1. The van der Waals surface area contributed by atoms with Crippen LogP contribution in [0.25, 0.3) is 0 Å². The highest BCUT2D eigenvalue weighted by atomic mass is 32.2. The predicted molar refractivity (Wildman–Crippen MR) is 188 cm³/mol. The van der Waals surface area contributed by atoms with Crippen LogP contribution in [-0.4, -0.2) is 57.3 Å². The molecule has 0 fully saturated rings. The maximum absolute atomic E-state index is 13.8. The summed E-state index contributed by atoms with van der Waals surface area (Å²) in [6.07, 6.45) is 1.38. The van der Waals surface area contributed by atoms with Gasteiger partial charge >= 0.3 is 0 Å². The number of hydrogen-bond donors (Lipinski definition) is 1. The third-order valence-electron chi connectivity index (χ3n) is 8.07. The number of carbonyl (C=O) groups is 2. The fourth-order valence-corrected chi connectivity index (χ4v) is 7.04. The standard InChI is InChI=1S/C36H36N6O4S2/c1-24-11-13-26(14-12-24)29-21-28(32-10-7-19-47-32)40-42(29)34(43)23-48-36-39-38-33(41(36)18-17-25-8-5-4-6-9-25)22-37-35(44)27-15-16-30(45-2)31(20-27)46-3/h4-16,19-20,29H,17-18,21-23H2,1-3H3,(H,37,44)/t29-/m0/s1. The molecule has 0 saturated carbocycles. The van der Waals surface area contributed by atoms with E-state index in [0.29, 0.717) is 41.0 Å². The molecule has 12 heteroatoms. The van der Waals surface area contributed by atoms with E-state index in [9.17, 15) is 9.59 Å².